The van der Waals surface area contributed by atoms with Gasteiger partial charge in [0.05, 0.1) is 12.7 Å². The van der Waals surface area contributed by atoms with Crippen LogP contribution in [0.1, 0.15) is 43.2 Å². The standard InChI is InChI=1S/C26H30F3N7O2/c27-26(28,29)38-20-4-2-1-3-16(20)11-33-24-34-12-19(10-30)23(36-24)35-14-25-7-15-5-17(8-25)22(18(6-15)9-25)32-13-21(31)37/h1-4,12,15,17-18,22,32H,5-9,11,13-14H2,(H2,31,37)(H2,33,34,35,36)/t15?,17-,18+,22-,25+. The van der Waals surface area contributed by atoms with Crippen LogP contribution in [0, 0.1) is 34.5 Å². The average Bonchev–Trinajstić information content (AvgIpc) is 2.85. The number of carbonyl (C=O) groups is 1. The minimum Gasteiger partial charge on any atom is -0.405 e. The van der Waals surface area contributed by atoms with E-state index < -0.39 is 6.36 Å². The zero-order valence-electron chi connectivity index (χ0n) is 20.7. The van der Waals surface area contributed by atoms with Crippen LogP contribution < -0.4 is 26.4 Å². The first kappa shape index (κ1) is 26.0. The van der Waals surface area contributed by atoms with Crippen LogP contribution in [0.5, 0.6) is 5.75 Å². The van der Waals surface area contributed by atoms with E-state index >= 15 is 0 Å². The Morgan fingerprint density at radius 2 is 1.92 bits per heavy atom. The number of ether oxygens (including phenoxy) is 1. The molecule has 1 unspecified atom stereocenters. The molecule has 5 N–H and O–H groups in total. The first-order valence-electron chi connectivity index (χ1n) is 12.7. The molecule has 4 fully saturated rings. The number of nitrogens with zero attached hydrogens (tertiary/aromatic N) is 3. The number of nitriles is 1. The average molecular weight is 530 g/mol. The predicted octanol–water partition coefficient (Wildman–Crippen LogP) is 3.54. The third-order valence-corrected chi connectivity index (χ3v) is 8.09. The highest BCUT2D eigenvalue weighted by atomic mass is 19.4. The van der Waals surface area contributed by atoms with Gasteiger partial charge in [-0.1, -0.05) is 18.2 Å². The molecule has 1 aromatic carbocycles. The molecule has 5 atom stereocenters. The molecule has 0 saturated heterocycles. The van der Waals surface area contributed by atoms with Gasteiger partial charge < -0.3 is 26.4 Å². The Bertz CT molecular complexity index is 1220. The number of aromatic nitrogens is 2. The van der Waals surface area contributed by atoms with E-state index in [1.807, 2.05) is 0 Å². The minimum absolute atomic E-state index is 0.00621. The number of hydrogen-bond donors (Lipinski definition) is 4. The highest BCUT2D eigenvalue weighted by Crippen LogP contribution is 2.60. The zero-order chi connectivity index (χ0) is 26.9. The molecule has 4 aliphatic carbocycles. The van der Waals surface area contributed by atoms with Crippen LogP contribution in [0.4, 0.5) is 24.9 Å². The van der Waals surface area contributed by atoms with Crippen molar-refractivity contribution in [2.75, 3.05) is 23.7 Å². The van der Waals surface area contributed by atoms with E-state index in [9.17, 15) is 23.2 Å². The molecule has 1 amide bonds. The van der Waals surface area contributed by atoms with Gasteiger partial charge in [-0.15, -0.1) is 13.2 Å². The number of benzene rings is 1. The molecule has 6 rings (SSSR count). The molecule has 0 spiro atoms. The van der Waals surface area contributed by atoms with Crippen LogP contribution in [-0.4, -0.2) is 41.4 Å². The summed E-state index contributed by atoms with van der Waals surface area (Å²) in [5, 5.41) is 19.3. The Kier molecular flexibility index (Phi) is 7.05. The van der Waals surface area contributed by atoms with E-state index in [1.54, 1.807) is 6.07 Å². The summed E-state index contributed by atoms with van der Waals surface area (Å²) in [6, 6.07) is 8.27. The highest BCUT2D eigenvalue weighted by Gasteiger charge is 2.55. The molecule has 38 heavy (non-hydrogen) atoms. The van der Waals surface area contributed by atoms with Crippen molar-refractivity contribution in [1.29, 1.82) is 5.26 Å². The number of nitrogens with two attached hydrogens (primary N) is 1. The summed E-state index contributed by atoms with van der Waals surface area (Å²) in [5.74, 6) is 1.56. The minimum atomic E-state index is -4.80. The Morgan fingerprint density at radius 3 is 2.61 bits per heavy atom. The number of rotatable bonds is 10. The number of hydrogen-bond acceptors (Lipinski definition) is 8. The maximum atomic E-state index is 12.7. The molecular weight excluding hydrogens is 499 g/mol. The summed E-state index contributed by atoms with van der Waals surface area (Å²) in [6.07, 6.45) is 2.07. The van der Waals surface area contributed by atoms with E-state index in [4.69, 9.17) is 5.73 Å². The van der Waals surface area contributed by atoms with Crippen LogP contribution in [0.3, 0.4) is 0 Å². The highest BCUT2D eigenvalue weighted by molar-refractivity contribution is 5.75. The van der Waals surface area contributed by atoms with Gasteiger partial charge in [0.1, 0.15) is 23.2 Å². The number of carbonyl (C=O) groups excluding carboxylic acids is 1. The zero-order valence-corrected chi connectivity index (χ0v) is 20.7. The SMILES string of the molecule is N#Cc1cnc(NCc2ccccc2OC(F)(F)F)nc1NC[C@@]12CC3C[C@H](C1)[C@@H](NCC(N)=O)[C@@H](C3)C2. The predicted molar refractivity (Wildman–Crippen MR) is 133 cm³/mol. The van der Waals surface area contributed by atoms with Crippen molar-refractivity contribution < 1.29 is 22.7 Å². The maximum Gasteiger partial charge on any atom is 0.573 e. The van der Waals surface area contributed by atoms with Crippen molar-refractivity contribution >= 4 is 17.7 Å². The number of para-hydroxylation sites is 1. The van der Waals surface area contributed by atoms with E-state index in [0.717, 1.165) is 32.1 Å². The van der Waals surface area contributed by atoms with Gasteiger partial charge >= 0.3 is 6.36 Å². The second-order valence-electron chi connectivity index (χ2n) is 10.8. The maximum absolute atomic E-state index is 12.7. The number of primary amides is 1. The van der Waals surface area contributed by atoms with Crippen LogP contribution in [0.25, 0.3) is 0 Å². The van der Waals surface area contributed by atoms with Gasteiger partial charge in [0, 0.05) is 24.7 Å². The third-order valence-electron chi connectivity index (χ3n) is 8.09. The Balaban J connectivity index is 1.25. The van der Waals surface area contributed by atoms with Crippen LogP contribution in [-0.2, 0) is 11.3 Å². The Labute approximate surface area is 218 Å². The largest absolute Gasteiger partial charge is 0.573 e. The smallest absolute Gasteiger partial charge is 0.405 e. The molecule has 1 aromatic heterocycles. The van der Waals surface area contributed by atoms with Crippen molar-refractivity contribution in [2.24, 2.45) is 28.9 Å². The molecule has 2 aromatic rings. The summed E-state index contributed by atoms with van der Waals surface area (Å²) >= 11 is 0. The monoisotopic (exact) mass is 529 g/mol. The molecule has 4 saturated carbocycles. The second-order valence-corrected chi connectivity index (χ2v) is 10.8. The molecule has 4 aliphatic rings. The molecule has 0 radical (unpaired) electrons. The normalized spacial score (nSPS) is 27.5. The fraction of sp³-hybridized carbons (Fsp3) is 0.538. The Hall–Kier alpha value is -3.59. The van der Waals surface area contributed by atoms with Crippen molar-refractivity contribution in [2.45, 2.75) is 51.1 Å². The lowest BCUT2D eigenvalue weighted by molar-refractivity contribution is -0.274. The van der Waals surface area contributed by atoms with Gasteiger partial charge in [0.25, 0.3) is 0 Å². The molecule has 4 bridgehead atoms. The van der Waals surface area contributed by atoms with Gasteiger partial charge in [0.2, 0.25) is 11.9 Å². The number of nitrogens with one attached hydrogen (secondary N) is 3. The van der Waals surface area contributed by atoms with Gasteiger partial charge in [-0.05, 0) is 61.3 Å². The second kappa shape index (κ2) is 10.3. The quantitative estimate of drug-likeness (QED) is 0.367. The fourth-order valence-corrected chi connectivity index (χ4v) is 6.96. The van der Waals surface area contributed by atoms with Crippen LogP contribution in [0.2, 0.25) is 0 Å². The van der Waals surface area contributed by atoms with Crippen molar-refractivity contribution in [3.63, 3.8) is 0 Å². The van der Waals surface area contributed by atoms with E-state index in [-0.39, 0.29) is 36.1 Å². The molecule has 12 heteroatoms. The lowest BCUT2D eigenvalue weighted by Gasteiger charge is -2.60. The molecule has 202 valence electrons. The lowest BCUT2D eigenvalue weighted by atomic mass is 9.48. The van der Waals surface area contributed by atoms with Gasteiger partial charge in [-0.2, -0.15) is 10.2 Å². The number of halogens is 3. The summed E-state index contributed by atoms with van der Waals surface area (Å²) in [5.41, 5.74) is 6.02. The first-order chi connectivity index (χ1) is 18.1. The van der Waals surface area contributed by atoms with Crippen molar-refractivity contribution in [1.82, 2.24) is 15.3 Å². The lowest BCUT2D eigenvalue weighted by Crippen LogP contribution is -2.60. The van der Waals surface area contributed by atoms with Crippen molar-refractivity contribution in [3.05, 3.63) is 41.6 Å². The topological polar surface area (TPSA) is 138 Å². The summed E-state index contributed by atoms with van der Waals surface area (Å²) in [4.78, 5) is 19.9. The van der Waals surface area contributed by atoms with Crippen molar-refractivity contribution in [3.8, 4) is 11.8 Å². The fourth-order valence-electron chi connectivity index (χ4n) is 6.96. The van der Waals surface area contributed by atoms with E-state index in [0.29, 0.717) is 47.3 Å². The van der Waals surface area contributed by atoms with E-state index in [2.05, 4.69) is 36.7 Å². The van der Waals surface area contributed by atoms with Crippen LogP contribution in [0.15, 0.2) is 30.5 Å². The molecule has 9 nitrogen and oxygen atoms in total. The molecular formula is C26H30F3N7O2. The summed E-state index contributed by atoms with van der Waals surface area (Å²) in [6.45, 7) is 0.862. The van der Waals surface area contributed by atoms with Gasteiger partial charge in [-0.25, -0.2) is 4.98 Å². The van der Waals surface area contributed by atoms with Crippen LogP contribution >= 0.6 is 0 Å². The Morgan fingerprint density at radius 1 is 1.18 bits per heavy atom. The number of alkyl halides is 3. The summed E-state index contributed by atoms with van der Waals surface area (Å²) < 4.78 is 42.3. The van der Waals surface area contributed by atoms with E-state index in [1.165, 1.54) is 24.4 Å². The van der Waals surface area contributed by atoms with Gasteiger partial charge in [0.15, 0.2) is 0 Å². The van der Waals surface area contributed by atoms with Gasteiger partial charge in [-0.3, -0.25) is 4.79 Å². The molecule has 0 aliphatic heterocycles. The first-order valence-corrected chi connectivity index (χ1v) is 12.7. The third kappa shape index (κ3) is 5.78. The number of anilines is 2. The number of amides is 1. The molecule has 1 heterocycles. The summed E-state index contributed by atoms with van der Waals surface area (Å²) in [7, 11) is 0.